The quantitative estimate of drug-likeness (QED) is 0.215. The van der Waals surface area contributed by atoms with Crippen LogP contribution < -0.4 is 51.4 Å². The number of carbonyl (C=O) groups excluding carboxylic acids is 1. The van der Waals surface area contributed by atoms with Crippen molar-refractivity contribution >= 4 is 16.0 Å². The molecule has 0 aromatic rings. The van der Waals surface area contributed by atoms with Crippen molar-refractivity contribution in [2.45, 2.75) is 48.6 Å². The van der Waals surface area contributed by atoms with Gasteiger partial charge in [0, 0.05) is 13.1 Å². The first kappa shape index (κ1) is 36.1. The summed E-state index contributed by atoms with van der Waals surface area (Å²) in [6.45, 7) is -2.48. The van der Waals surface area contributed by atoms with Crippen molar-refractivity contribution in [3.63, 3.8) is 0 Å². The summed E-state index contributed by atoms with van der Waals surface area (Å²) in [7, 11) is -5.38. The van der Waals surface area contributed by atoms with E-state index in [4.69, 9.17) is 0 Å². The van der Waals surface area contributed by atoms with Crippen molar-refractivity contribution in [1.29, 1.82) is 0 Å². The van der Waals surface area contributed by atoms with Crippen LogP contribution in [-0.2, 0) is 14.9 Å². The van der Waals surface area contributed by atoms with Gasteiger partial charge in [0.05, 0.1) is 15.9 Å². The molecule has 0 unspecified atom stereocenters. The third-order valence-corrected chi connectivity index (χ3v) is 4.56. The van der Waals surface area contributed by atoms with Crippen LogP contribution in [0.4, 0.5) is 65.9 Å². The zero-order chi connectivity index (χ0) is 27.3. The zero-order valence-corrected chi connectivity index (χ0v) is 20.2. The van der Waals surface area contributed by atoms with E-state index >= 15 is 0 Å². The minimum atomic E-state index is -8.55. The van der Waals surface area contributed by atoms with E-state index in [1.54, 1.807) is 0 Å². The largest absolute Gasteiger partial charge is 1.00 e. The molecule has 0 fully saturated rings. The van der Waals surface area contributed by atoms with Gasteiger partial charge >= 0.3 is 93.1 Å². The zero-order valence-electron chi connectivity index (χ0n) is 16.3. The van der Waals surface area contributed by atoms with Gasteiger partial charge in [-0.3, -0.25) is 4.79 Å². The number of hydrogen-bond donors (Lipinski definition) is 0. The van der Waals surface area contributed by atoms with E-state index in [0.717, 1.165) is 0 Å². The van der Waals surface area contributed by atoms with E-state index in [-0.39, 0.29) is 51.4 Å². The van der Waals surface area contributed by atoms with E-state index in [2.05, 4.69) is 0 Å². The van der Waals surface area contributed by atoms with E-state index < -0.39 is 81.5 Å². The monoisotopic (exact) mass is 587 g/mol. The summed E-state index contributed by atoms with van der Waals surface area (Å²) in [5.74, 6) is -54.4. The molecule has 22 heteroatoms. The van der Waals surface area contributed by atoms with Gasteiger partial charge in [-0.25, -0.2) is 8.42 Å². The first-order valence-electron chi connectivity index (χ1n) is 7.64. The molecule has 0 aliphatic carbocycles. The third kappa shape index (κ3) is 5.92. The Morgan fingerprint density at radius 1 is 0.706 bits per heavy atom. The number of nitrogens with zero attached hydrogens (tertiary/aromatic N) is 1. The van der Waals surface area contributed by atoms with Crippen LogP contribution in [0.1, 0.15) is 6.92 Å². The standard InChI is InChI=1S/C12H10F15NO4S.K/c1-2-28(3-4-33(30,31)32)5(29)6(13,14)7(15,16)8(17,18)9(19,20)10(21,22)11(23,24)12(25,26)27;/h2-4H2,1H3,(H,30,31,32);/q;+1/p-1. The Hall–Kier alpha value is -0.0336. The van der Waals surface area contributed by atoms with Gasteiger partial charge in [-0.1, -0.05) is 0 Å². The molecule has 0 N–H and O–H groups in total. The van der Waals surface area contributed by atoms with Crippen LogP contribution in [0, 0.1) is 0 Å². The van der Waals surface area contributed by atoms with Gasteiger partial charge in [0.25, 0.3) is 5.91 Å². The third-order valence-electron chi connectivity index (χ3n) is 3.88. The van der Waals surface area contributed by atoms with Crippen LogP contribution in [0.5, 0.6) is 0 Å². The Bertz CT molecular complexity index is 843. The molecule has 0 spiro atoms. The molecular formula is C12H9F15KNO4S. The Kier molecular flexibility index (Phi) is 11.0. The Morgan fingerprint density at radius 3 is 1.32 bits per heavy atom. The summed E-state index contributed by atoms with van der Waals surface area (Å²) in [5, 5.41) is 0. The van der Waals surface area contributed by atoms with Gasteiger partial charge < -0.3 is 9.45 Å². The van der Waals surface area contributed by atoms with Gasteiger partial charge in [0.15, 0.2) is 0 Å². The Labute approximate surface area is 222 Å². The number of alkyl halides is 15. The molecule has 0 aliphatic rings. The normalized spacial score (nSPS) is 15.1. The average molecular weight is 587 g/mol. The number of hydrogen-bond acceptors (Lipinski definition) is 4. The average Bonchev–Trinajstić information content (AvgIpc) is 2.59. The summed E-state index contributed by atoms with van der Waals surface area (Å²) in [4.78, 5) is 10.6. The van der Waals surface area contributed by atoms with Crippen molar-refractivity contribution in [2.75, 3.05) is 18.8 Å². The molecule has 0 saturated carbocycles. The number of rotatable bonds is 10. The van der Waals surface area contributed by atoms with E-state index in [1.807, 2.05) is 0 Å². The molecule has 0 aliphatic heterocycles. The van der Waals surface area contributed by atoms with Crippen LogP contribution in [0.3, 0.4) is 0 Å². The van der Waals surface area contributed by atoms with Crippen LogP contribution in [0.2, 0.25) is 0 Å². The Balaban J connectivity index is 0. The topological polar surface area (TPSA) is 77.5 Å². The second-order valence-electron chi connectivity index (χ2n) is 6.09. The molecule has 0 rings (SSSR count). The smallest absolute Gasteiger partial charge is 0.748 e. The van der Waals surface area contributed by atoms with E-state index in [1.165, 1.54) is 0 Å². The van der Waals surface area contributed by atoms with Crippen molar-refractivity contribution in [1.82, 2.24) is 4.90 Å². The second-order valence-corrected chi connectivity index (χ2v) is 7.61. The van der Waals surface area contributed by atoms with Crippen molar-refractivity contribution in [3.05, 3.63) is 0 Å². The van der Waals surface area contributed by atoms with Gasteiger partial charge in [-0.05, 0) is 6.92 Å². The predicted molar refractivity (Wildman–Crippen MR) is 72.6 cm³/mol. The first-order valence-corrected chi connectivity index (χ1v) is 9.22. The molecule has 5 nitrogen and oxygen atoms in total. The molecule has 0 radical (unpaired) electrons. The molecule has 0 atom stereocenters. The van der Waals surface area contributed by atoms with Gasteiger partial charge in [0.2, 0.25) is 0 Å². The fourth-order valence-corrected chi connectivity index (χ4v) is 2.37. The molecule has 198 valence electrons. The second kappa shape index (κ2) is 10.4. The Morgan fingerprint density at radius 2 is 1.03 bits per heavy atom. The maximum Gasteiger partial charge on any atom is 1.00 e. The number of halogens is 15. The van der Waals surface area contributed by atoms with Crippen LogP contribution in [0.15, 0.2) is 0 Å². The summed E-state index contributed by atoms with van der Waals surface area (Å²) in [6, 6.07) is 0. The SMILES string of the molecule is CCN(CCS(=O)(=O)[O-])C(=O)C(F)(F)C(F)(F)C(F)(F)C(F)(F)C(F)(F)C(F)(F)C(F)(F)F.[K+]. The molecular weight excluding hydrogens is 578 g/mol. The van der Waals surface area contributed by atoms with Crippen molar-refractivity contribution < 1.29 is 135 Å². The summed E-state index contributed by atoms with van der Waals surface area (Å²) >= 11 is 0. The molecule has 0 bridgehead atoms. The van der Waals surface area contributed by atoms with Gasteiger partial charge in [-0.15, -0.1) is 0 Å². The molecule has 1 amide bonds. The van der Waals surface area contributed by atoms with Crippen LogP contribution in [-0.4, -0.2) is 84.3 Å². The summed E-state index contributed by atoms with van der Waals surface area (Å²) in [6.07, 6.45) is -7.76. The molecule has 0 saturated heterocycles. The molecule has 0 aromatic heterocycles. The number of amides is 1. The number of carbonyl (C=O) groups is 1. The molecule has 34 heavy (non-hydrogen) atoms. The van der Waals surface area contributed by atoms with Gasteiger partial charge in [0.1, 0.15) is 0 Å². The fraction of sp³-hybridized carbons (Fsp3) is 0.917. The minimum absolute atomic E-state index is 0. The van der Waals surface area contributed by atoms with E-state index in [9.17, 15) is 83.6 Å². The summed E-state index contributed by atoms with van der Waals surface area (Å²) in [5.41, 5.74) is 0. The molecule has 0 aromatic carbocycles. The maximum absolute atomic E-state index is 13.8. The summed E-state index contributed by atoms with van der Waals surface area (Å²) < 4.78 is 227. The van der Waals surface area contributed by atoms with E-state index in [0.29, 0.717) is 6.92 Å². The minimum Gasteiger partial charge on any atom is -0.748 e. The van der Waals surface area contributed by atoms with Crippen LogP contribution in [0.25, 0.3) is 0 Å². The predicted octanol–water partition coefficient (Wildman–Crippen LogP) is 0.758. The van der Waals surface area contributed by atoms with Crippen molar-refractivity contribution in [3.8, 4) is 0 Å². The van der Waals surface area contributed by atoms with Gasteiger partial charge in [-0.2, -0.15) is 65.9 Å². The maximum atomic E-state index is 13.8. The van der Waals surface area contributed by atoms with Crippen LogP contribution >= 0.6 is 0 Å². The van der Waals surface area contributed by atoms with Crippen molar-refractivity contribution in [2.24, 2.45) is 0 Å². The molecule has 0 heterocycles. The fourth-order valence-electron chi connectivity index (χ4n) is 1.92. The first-order chi connectivity index (χ1) is 14.1.